The lowest BCUT2D eigenvalue weighted by atomic mass is 9.78. The molecule has 1 rings (SSSR count). The molecule has 0 saturated heterocycles. The van der Waals surface area contributed by atoms with Crippen molar-refractivity contribution >= 4 is 0 Å². The van der Waals surface area contributed by atoms with Crippen LogP contribution in [-0.2, 0) is 9.47 Å². The first-order valence-electron chi connectivity index (χ1n) is 8.38. The van der Waals surface area contributed by atoms with Gasteiger partial charge in [-0.1, -0.05) is 47.5 Å². The number of rotatable bonds is 9. The van der Waals surface area contributed by atoms with Gasteiger partial charge in [-0.2, -0.15) is 0 Å². The quantitative estimate of drug-likeness (QED) is 0.656. The van der Waals surface area contributed by atoms with E-state index in [4.69, 9.17) is 9.47 Å². The fourth-order valence-corrected chi connectivity index (χ4v) is 2.98. The first kappa shape index (κ1) is 17.9. The minimum atomic E-state index is 0.0309. The molecule has 1 fully saturated rings. The van der Waals surface area contributed by atoms with Crippen molar-refractivity contribution in [1.82, 2.24) is 5.32 Å². The number of nitrogens with one attached hydrogen (secondary N) is 1. The van der Waals surface area contributed by atoms with Crippen LogP contribution in [0.15, 0.2) is 0 Å². The lowest BCUT2D eigenvalue weighted by Crippen LogP contribution is -2.48. The summed E-state index contributed by atoms with van der Waals surface area (Å²) in [4.78, 5) is 0. The molecule has 2 unspecified atom stereocenters. The maximum absolute atomic E-state index is 6.29. The Balaban J connectivity index is 2.37. The first-order valence-corrected chi connectivity index (χ1v) is 8.38. The summed E-state index contributed by atoms with van der Waals surface area (Å²) in [5.41, 5.74) is 0.0309. The lowest BCUT2D eigenvalue weighted by Gasteiger charge is -2.40. The Kier molecular flexibility index (Phi) is 8.08. The van der Waals surface area contributed by atoms with Gasteiger partial charge in [0.1, 0.15) is 0 Å². The molecule has 0 aromatic carbocycles. The monoisotopic (exact) mass is 285 g/mol. The van der Waals surface area contributed by atoms with Crippen LogP contribution in [0.25, 0.3) is 0 Å². The second-order valence-electron chi connectivity index (χ2n) is 7.24. The highest BCUT2D eigenvalue weighted by Crippen LogP contribution is 2.34. The van der Waals surface area contributed by atoms with E-state index in [-0.39, 0.29) is 5.60 Å². The largest absolute Gasteiger partial charge is 0.379 e. The van der Waals surface area contributed by atoms with Crippen LogP contribution < -0.4 is 5.32 Å². The average molecular weight is 285 g/mol. The van der Waals surface area contributed by atoms with Crippen LogP contribution in [0.2, 0.25) is 0 Å². The fraction of sp³-hybridized carbons (Fsp3) is 1.00. The van der Waals surface area contributed by atoms with E-state index in [1.54, 1.807) is 0 Å². The molecule has 0 aromatic heterocycles. The van der Waals surface area contributed by atoms with Gasteiger partial charge >= 0.3 is 0 Å². The molecule has 120 valence electrons. The van der Waals surface area contributed by atoms with Gasteiger partial charge < -0.3 is 14.8 Å². The molecule has 1 aliphatic carbocycles. The molecule has 2 atom stereocenters. The maximum Gasteiger partial charge on any atom is 0.0810 e. The molecule has 0 heterocycles. The van der Waals surface area contributed by atoms with Crippen LogP contribution in [0.5, 0.6) is 0 Å². The third-order valence-electron chi connectivity index (χ3n) is 3.97. The van der Waals surface area contributed by atoms with Gasteiger partial charge in [0.05, 0.1) is 18.8 Å². The zero-order valence-corrected chi connectivity index (χ0v) is 14.2. The van der Waals surface area contributed by atoms with Crippen LogP contribution >= 0.6 is 0 Å². The van der Waals surface area contributed by atoms with Crippen molar-refractivity contribution in [1.29, 1.82) is 0 Å². The Morgan fingerprint density at radius 2 is 1.95 bits per heavy atom. The number of ether oxygens (including phenoxy) is 2. The molecule has 0 spiro atoms. The van der Waals surface area contributed by atoms with E-state index in [1.165, 1.54) is 25.7 Å². The second kappa shape index (κ2) is 9.01. The highest BCUT2D eigenvalue weighted by atomic mass is 16.5. The SMILES string of the molecule is CC(C)COCCOC1(CNC(C)C)CCCC(C)C1. The van der Waals surface area contributed by atoms with Gasteiger partial charge in [-0.15, -0.1) is 0 Å². The number of hydrogen-bond acceptors (Lipinski definition) is 3. The standard InChI is InChI=1S/C17H35NO2/c1-14(2)12-19-9-10-20-17(13-18-15(3)4)8-6-7-16(5)11-17/h14-16,18H,6-13H2,1-5H3. The van der Waals surface area contributed by atoms with Crippen molar-refractivity contribution in [2.75, 3.05) is 26.4 Å². The number of hydrogen-bond donors (Lipinski definition) is 1. The molecular weight excluding hydrogens is 250 g/mol. The molecule has 20 heavy (non-hydrogen) atoms. The predicted molar refractivity (Wildman–Crippen MR) is 85.1 cm³/mol. The first-order chi connectivity index (χ1) is 9.43. The highest BCUT2D eigenvalue weighted by molar-refractivity contribution is 4.89. The molecule has 0 aromatic rings. The van der Waals surface area contributed by atoms with Gasteiger partial charge in [-0.05, 0) is 24.7 Å². The fourth-order valence-electron chi connectivity index (χ4n) is 2.98. The van der Waals surface area contributed by atoms with E-state index < -0.39 is 0 Å². The molecule has 1 aliphatic rings. The Hall–Kier alpha value is -0.120. The molecule has 1 saturated carbocycles. The van der Waals surface area contributed by atoms with Crippen molar-refractivity contribution < 1.29 is 9.47 Å². The molecule has 0 aliphatic heterocycles. The Morgan fingerprint density at radius 3 is 2.55 bits per heavy atom. The minimum absolute atomic E-state index is 0.0309. The Labute approximate surface area is 125 Å². The summed E-state index contributed by atoms with van der Waals surface area (Å²) in [6, 6.07) is 0.518. The third-order valence-corrected chi connectivity index (χ3v) is 3.97. The third kappa shape index (κ3) is 7.05. The molecule has 3 heteroatoms. The zero-order valence-electron chi connectivity index (χ0n) is 14.2. The summed E-state index contributed by atoms with van der Waals surface area (Å²) in [5, 5.41) is 3.57. The van der Waals surface area contributed by atoms with Gasteiger partial charge in [0.2, 0.25) is 0 Å². The molecule has 0 bridgehead atoms. The summed E-state index contributed by atoms with van der Waals surface area (Å²) >= 11 is 0. The average Bonchev–Trinajstić information content (AvgIpc) is 2.36. The zero-order chi connectivity index (χ0) is 15.0. The van der Waals surface area contributed by atoms with Crippen molar-refractivity contribution in [3.8, 4) is 0 Å². The highest BCUT2D eigenvalue weighted by Gasteiger charge is 2.35. The minimum Gasteiger partial charge on any atom is -0.379 e. The lowest BCUT2D eigenvalue weighted by molar-refractivity contribution is -0.0971. The van der Waals surface area contributed by atoms with Gasteiger partial charge in [0.15, 0.2) is 0 Å². The van der Waals surface area contributed by atoms with Crippen molar-refractivity contribution in [2.24, 2.45) is 11.8 Å². The van der Waals surface area contributed by atoms with Crippen molar-refractivity contribution in [2.45, 2.75) is 71.9 Å². The Morgan fingerprint density at radius 1 is 1.20 bits per heavy atom. The summed E-state index contributed by atoms with van der Waals surface area (Å²) in [6.45, 7) is 14.3. The van der Waals surface area contributed by atoms with E-state index >= 15 is 0 Å². The van der Waals surface area contributed by atoms with Gasteiger partial charge in [0, 0.05) is 19.2 Å². The van der Waals surface area contributed by atoms with Gasteiger partial charge in [0.25, 0.3) is 0 Å². The Bertz CT molecular complexity index is 255. The predicted octanol–water partition coefficient (Wildman–Crippen LogP) is 3.62. The normalized spacial score (nSPS) is 27.4. The van der Waals surface area contributed by atoms with Crippen LogP contribution in [-0.4, -0.2) is 38.0 Å². The summed E-state index contributed by atoms with van der Waals surface area (Å²) in [5.74, 6) is 1.37. The maximum atomic E-state index is 6.29. The summed E-state index contributed by atoms with van der Waals surface area (Å²) in [7, 11) is 0. The molecular formula is C17H35NO2. The van der Waals surface area contributed by atoms with Gasteiger partial charge in [-0.3, -0.25) is 0 Å². The second-order valence-corrected chi connectivity index (χ2v) is 7.24. The van der Waals surface area contributed by atoms with Crippen LogP contribution in [0, 0.1) is 11.8 Å². The van der Waals surface area contributed by atoms with Gasteiger partial charge in [-0.25, -0.2) is 0 Å². The van der Waals surface area contributed by atoms with E-state index in [1.807, 2.05) is 0 Å². The van der Waals surface area contributed by atoms with Crippen LogP contribution in [0.1, 0.15) is 60.3 Å². The molecule has 1 N–H and O–H groups in total. The van der Waals surface area contributed by atoms with E-state index in [0.717, 1.165) is 32.3 Å². The molecule has 3 nitrogen and oxygen atoms in total. The van der Waals surface area contributed by atoms with Crippen molar-refractivity contribution in [3.05, 3.63) is 0 Å². The van der Waals surface area contributed by atoms with Crippen LogP contribution in [0.4, 0.5) is 0 Å². The van der Waals surface area contributed by atoms with Crippen LogP contribution in [0.3, 0.4) is 0 Å². The smallest absolute Gasteiger partial charge is 0.0810 e. The topological polar surface area (TPSA) is 30.5 Å². The van der Waals surface area contributed by atoms with E-state index in [0.29, 0.717) is 12.0 Å². The molecule has 0 amide bonds. The van der Waals surface area contributed by atoms with Crippen molar-refractivity contribution in [3.63, 3.8) is 0 Å². The summed E-state index contributed by atoms with van der Waals surface area (Å²) in [6.07, 6.45) is 4.99. The molecule has 0 radical (unpaired) electrons. The van der Waals surface area contributed by atoms with E-state index in [2.05, 4.69) is 39.9 Å². The summed E-state index contributed by atoms with van der Waals surface area (Å²) < 4.78 is 11.9. The van der Waals surface area contributed by atoms with E-state index in [9.17, 15) is 0 Å².